The first-order valence-corrected chi connectivity index (χ1v) is 7.51. The summed E-state index contributed by atoms with van der Waals surface area (Å²) in [7, 11) is 0. The summed E-state index contributed by atoms with van der Waals surface area (Å²) in [5.74, 6) is 7.06. The lowest BCUT2D eigenvalue weighted by Gasteiger charge is -2.09. The van der Waals surface area contributed by atoms with Gasteiger partial charge in [0.1, 0.15) is 0 Å². The summed E-state index contributed by atoms with van der Waals surface area (Å²) in [5, 5.41) is 3.14. The van der Waals surface area contributed by atoms with Crippen LogP contribution in [-0.4, -0.2) is 23.5 Å². The Morgan fingerprint density at radius 2 is 2.21 bits per heavy atom. The maximum Gasteiger partial charge on any atom is 0.233 e. The molecule has 1 aliphatic rings. The molecule has 1 fully saturated rings. The second kappa shape index (κ2) is 7.22. The lowest BCUT2D eigenvalue weighted by molar-refractivity contribution is -0.120. The molecule has 3 nitrogen and oxygen atoms in total. The van der Waals surface area contributed by atoms with Crippen molar-refractivity contribution < 1.29 is 4.79 Å². The predicted octanol–water partition coefficient (Wildman–Crippen LogP) is 1.51. The van der Waals surface area contributed by atoms with Crippen LogP contribution >= 0.6 is 11.8 Å². The number of thioether (sulfide) groups is 1. The van der Waals surface area contributed by atoms with Crippen molar-refractivity contribution in [1.82, 2.24) is 5.32 Å². The zero-order valence-corrected chi connectivity index (χ0v) is 11.6. The van der Waals surface area contributed by atoms with Crippen LogP contribution < -0.4 is 11.1 Å². The van der Waals surface area contributed by atoms with Crippen LogP contribution in [0.1, 0.15) is 24.0 Å². The van der Waals surface area contributed by atoms with Gasteiger partial charge in [-0.05, 0) is 36.3 Å². The number of hydrogen-bond donors (Lipinski definition) is 2. The van der Waals surface area contributed by atoms with Crippen LogP contribution in [0, 0.1) is 11.8 Å². The topological polar surface area (TPSA) is 55.1 Å². The molecule has 1 aromatic rings. The van der Waals surface area contributed by atoms with E-state index in [2.05, 4.69) is 17.2 Å². The normalized spacial score (nSPS) is 17.6. The van der Waals surface area contributed by atoms with E-state index in [1.54, 1.807) is 11.8 Å². The Bertz CT molecular complexity index is 481. The Hall–Kier alpha value is -1.44. The van der Waals surface area contributed by atoms with Crippen molar-refractivity contribution >= 4 is 17.7 Å². The van der Waals surface area contributed by atoms with E-state index < -0.39 is 0 Å². The van der Waals surface area contributed by atoms with Gasteiger partial charge in [-0.15, -0.1) is 11.8 Å². The average molecular weight is 274 g/mol. The van der Waals surface area contributed by atoms with Gasteiger partial charge in [0, 0.05) is 12.1 Å². The minimum absolute atomic E-state index is 0.148. The summed E-state index contributed by atoms with van der Waals surface area (Å²) in [5.41, 5.74) is 7.37. The summed E-state index contributed by atoms with van der Waals surface area (Å²) in [4.78, 5) is 11.9. The average Bonchev–Trinajstić information content (AvgIpc) is 2.98. The molecule has 1 amide bonds. The predicted molar refractivity (Wildman–Crippen MR) is 79.7 cm³/mol. The second-order valence-electron chi connectivity index (χ2n) is 4.42. The number of hydrogen-bond acceptors (Lipinski definition) is 3. The Morgan fingerprint density at radius 3 is 2.84 bits per heavy atom. The quantitative estimate of drug-likeness (QED) is 0.822. The van der Waals surface area contributed by atoms with Crippen LogP contribution in [0.15, 0.2) is 24.3 Å². The zero-order chi connectivity index (χ0) is 13.5. The van der Waals surface area contributed by atoms with E-state index in [1.807, 2.05) is 24.3 Å². The second-order valence-corrected chi connectivity index (χ2v) is 5.73. The summed E-state index contributed by atoms with van der Waals surface area (Å²) >= 11 is 1.76. The van der Waals surface area contributed by atoms with Crippen LogP contribution in [0.25, 0.3) is 0 Å². The van der Waals surface area contributed by atoms with Gasteiger partial charge in [0.2, 0.25) is 5.91 Å². The van der Waals surface area contributed by atoms with Crippen LogP contribution in [0.3, 0.4) is 0 Å². The molecule has 0 radical (unpaired) electrons. The first kappa shape index (κ1) is 14.0. The lowest BCUT2D eigenvalue weighted by atomic mass is 10.1. The molecule has 0 bridgehead atoms. The minimum Gasteiger partial charge on any atom is -0.351 e. The van der Waals surface area contributed by atoms with E-state index in [1.165, 1.54) is 0 Å². The van der Waals surface area contributed by atoms with Gasteiger partial charge >= 0.3 is 0 Å². The molecule has 0 saturated carbocycles. The van der Waals surface area contributed by atoms with Crippen molar-refractivity contribution in [3.05, 3.63) is 35.4 Å². The number of rotatable bonds is 3. The molecule has 0 aliphatic carbocycles. The highest BCUT2D eigenvalue weighted by atomic mass is 32.2. The van der Waals surface area contributed by atoms with Gasteiger partial charge in [0.15, 0.2) is 0 Å². The van der Waals surface area contributed by atoms with E-state index >= 15 is 0 Å². The van der Waals surface area contributed by atoms with Gasteiger partial charge in [-0.3, -0.25) is 4.79 Å². The van der Waals surface area contributed by atoms with Crippen LogP contribution in [0.4, 0.5) is 0 Å². The zero-order valence-electron chi connectivity index (χ0n) is 10.8. The smallest absolute Gasteiger partial charge is 0.233 e. The van der Waals surface area contributed by atoms with Gasteiger partial charge in [0.05, 0.1) is 11.8 Å². The number of carbonyl (C=O) groups excluding carboxylic acids is 1. The lowest BCUT2D eigenvalue weighted by Crippen LogP contribution is -2.30. The summed E-state index contributed by atoms with van der Waals surface area (Å²) in [6, 6.07) is 7.88. The van der Waals surface area contributed by atoms with Gasteiger partial charge in [-0.25, -0.2) is 0 Å². The van der Waals surface area contributed by atoms with Gasteiger partial charge in [0.25, 0.3) is 0 Å². The minimum atomic E-state index is 0.148. The summed E-state index contributed by atoms with van der Waals surface area (Å²) < 4.78 is 0. The number of nitrogens with two attached hydrogens (primary N) is 1. The SMILES string of the molecule is NCC#Cc1ccc(CNC(=O)C2CCCS2)cc1. The maximum atomic E-state index is 11.9. The fourth-order valence-electron chi connectivity index (χ4n) is 1.95. The van der Waals surface area contributed by atoms with Crippen LogP contribution in [-0.2, 0) is 11.3 Å². The van der Waals surface area contributed by atoms with Crippen molar-refractivity contribution in [3.8, 4) is 11.8 Å². The Labute approximate surface area is 118 Å². The van der Waals surface area contributed by atoms with Crippen LogP contribution in [0.5, 0.6) is 0 Å². The number of carbonyl (C=O) groups is 1. The third-order valence-corrected chi connectivity index (χ3v) is 4.35. The van der Waals surface area contributed by atoms with Crippen molar-refractivity contribution in [3.63, 3.8) is 0 Å². The van der Waals surface area contributed by atoms with E-state index in [0.29, 0.717) is 13.1 Å². The molecule has 19 heavy (non-hydrogen) atoms. The molecule has 3 N–H and O–H groups in total. The standard InChI is InChI=1S/C15H18N2OS/c16-9-1-3-12-5-7-13(8-6-12)11-17-15(18)14-4-2-10-19-14/h5-8,14H,2,4,9-11,16H2,(H,17,18). The first-order valence-electron chi connectivity index (χ1n) is 6.47. The molecule has 1 atom stereocenters. The Morgan fingerprint density at radius 1 is 1.42 bits per heavy atom. The van der Waals surface area contributed by atoms with Gasteiger partial charge in [-0.1, -0.05) is 24.0 Å². The molecular weight excluding hydrogens is 256 g/mol. The van der Waals surface area contributed by atoms with Gasteiger partial charge in [-0.2, -0.15) is 0 Å². The first-order chi connectivity index (χ1) is 9.29. The molecule has 4 heteroatoms. The third-order valence-electron chi connectivity index (χ3n) is 2.98. The van der Waals surface area contributed by atoms with Crippen molar-refractivity contribution in [2.24, 2.45) is 5.73 Å². The van der Waals surface area contributed by atoms with Crippen molar-refractivity contribution in [1.29, 1.82) is 0 Å². The monoisotopic (exact) mass is 274 g/mol. The Balaban J connectivity index is 1.84. The number of amides is 1. The maximum absolute atomic E-state index is 11.9. The van der Waals surface area contributed by atoms with Crippen molar-refractivity contribution in [2.75, 3.05) is 12.3 Å². The molecule has 0 spiro atoms. The summed E-state index contributed by atoms with van der Waals surface area (Å²) in [6.07, 6.45) is 2.15. The molecular formula is C15H18N2OS. The molecule has 1 aliphatic heterocycles. The number of benzene rings is 1. The van der Waals surface area contributed by atoms with E-state index in [-0.39, 0.29) is 11.2 Å². The van der Waals surface area contributed by atoms with Gasteiger partial charge < -0.3 is 11.1 Å². The van der Waals surface area contributed by atoms with E-state index in [4.69, 9.17) is 5.73 Å². The summed E-state index contributed by atoms with van der Waals surface area (Å²) in [6.45, 7) is 0.956. The Kier molecular flexibility index (Phi) is 5.31. The molecule has 2 rings (SSSR count). The van der Waals surface area contributed by atoms with Crippen LogP contribution in [0.2, 0.25) is 0 Å². The third kappa shape index (κ3) is 4.30. The highest BCUT2D eigenvalue weighted by molar-refractivity contribution is 8.00. The van der Waals surface area contributed by atoms with E-state index in [9.17, 15) is 4.79 Å². The number of nitrogens with one attached hydrogen (secondary N) is 1. The largest absolute Gasteiger partial charge is 0.351 e. The molecule has 1 unspecified atom stereocenters. The highest BCUT2D eigenvalue weighted by Crippen LogP contribution is 2.26. The fraction of sp³-hybridized carbons (Fsp3) is 0.400. The molecule has 1 heterocycles. The molecule has 1 aromatic carbocycles. The molecule has 100 valence electrons. The van der Waals surface area contributed by atoms with E-state index in [0.717, 1.165) is 29.7 Å². The highest BCUT2D eigenvalue weighted by Gasteiger charge is 2.22. The molecule has 1 saturated heterocycles. The molecule has 0 aromatic heterocycles. The van der Waals surface area contributed by atoms with Crippen molar-refractivity contribution in [2.45, 2.75) is 24.6 Å². The fourth-order valence-corrected chi connectivity index (χ4v) is 3.13.